The van der Waals surface area contributed by atoms with Crippen molar-refractivity contribution in [1.29, 1.82) is 0 Å². The van der Waals surface area contributed by atoms with E-state index >= 15 is 0 Å². The van der Waals surface area contributed by atoms with E-state index in [1.54, 1.807) is 35.7 Å². The molecule has 1 aromatic heterocycles. The molecule has 0 spiro atoms. The highest BCUT2D eigenvalue weighted by Crippen LogP contribution is 2.25. The van der Waals surface area contributed by atoms with Gasteiger partial charge >= 0.3 is 0 Å². The largest absolute Gasteiger partial charge is 0.254 e. The van der Waals surface area contributed by atoms with E-state index in [0.717, 1.165) is 29.6 Å². The van der Waals surface area contributed by atoms with Gasteiger partial charge in [0, 0.05) is 36.2 Å². The van der Waals surface area contributed by atoms with Gasteiger partial charge in [0.05, 0.1) is 16.0 Å². The van der Waals surface area contributed by atoms with Crippen molar-refractivity contribution in [1.82, 2.24) is 4.98 Å². The van der Waals surface area contributed by atoms with Crippen molar-refractivity contribution >= 4 is 31.4 Å². The first-order valence-electron chi connectivity index (χ1n) is 9.09. The summed E-state index contributed by atoms with van der Waals surface area (Å²) in [6.45, 7) is 4.27. The molecule has 1 saturated heterocycles. The molecule has 0 saturated carbocycles. The average Bonchev–Trinajstić information content (AvgIpc) is 3.27. The quantitative estimate of drug-likeness (QED) is 0.517. The molecule has 2 aromatic carbocycles. The third-order valence-electron chi connectivity index (χ3n) is 5.18. The molecule has 136 valence electrons. The zero-order valence-corrected chi connectivity index (χ0v) is 16.0. The fraction of sp³-hybridized carbons (Fsp3) is 0.227. The summed E-state index contributed by atoms with van der Waals surface area (Å²) in [5.41, 5.74) is 3.16. The van der Waals surface area contributed by atoms with Crippen molar-refractivity contribution in [3.05, 3.63) is 66.4 Å². The standard InChI is InChI=1S/C22H21N2O2S/c1-17(24-12-5-6-13-24)21-11-7-8-18-14-20(15-23-22(18)21)27(26,16-25)19-9-3-2-4-10-19/h2-4,7-11,14-15H,5-6,12-13H2,1H3/q+1. The van der Waals surface area contributed by atoms with Crippen LogP contribution < -0.4 is 0 Å². The van der Waals surface area contributed by atoms with E-state index in [9.17, 15) is 9.00 Å². The Morgan fingerprint density at radius 1 is 1.04 bits per heavy atom. The molecule has 4 nitrogen and oxygen atoms in total. The second-order valence-corrected chi connectivity index (χ2v) is 9.00. The number of fused-ring (bicyclic) bond motifs is 1. The Kier molecular flexibility index (Phi) is 4.65. The van der Waals surface area contributed by atoms with Crippen LogP contribution in [-0.2, 0) is 14.3 Å². The highest BCUT2D eigenvalue weighted by molar-refractivity contribution is 8.00. The number of pyridine rings is 1. The Bertz CT molecular complexity index is 1180. The molecular weight excluding hydrogens is 356 g/mol. The molecule has 1 atom stereocenters. The number of carbonyl (C=O) groups excluding carboxylic acids is 1. The molecule has 4 rings (SSSR count). The summed E-state index contributed by atoms with van der Waals surface area (Å²) in [7, 11) is -3.11. The van der Waals surface area contributed by atoms with Gasteiger partial charge in [0.25, 0.3) is 0 Å². The van der Waals surface area contributed by atoms with Crippen LogP contribution in [0.2, 0.25) is 0 Å². The smallest absolute Gasteiger partial charge is 0.195 e. The molecule has 1 aliphatic heterocycles. The summed E-state index contributed by atoms with van der Waals surface area (Å²) in [6, 6.07) is 16.6. The Labute approximate surface area is 159 Å². The van der Waals surface area contributed by atoms with E-state index in [-0.39, 0.29) is 0 Å². The number of benzene rings is 2. The fourth-order valence-corrected chi connectivity index (χ4v) is 5.16. The van der Waals surface area contributed by atoms with Gasteiger partial charge in [-0.3, -0.25) is 4.98 Å². The molecule has 0 aliphatic carbocycles. The van der Waals surface area contributed by atoms with Crippen molar-refractivity contribution in [3.63, 3.8) is 0 Å². The summed E-state index contributed by atoms with van der Waals surface area (Å²) in [5, 5.41) is 2.66. The number of hydrogen-bond acceptors (Lipinski definition) is 3. The molecule has 0 amide bonds. The molecule has 0 bridgehead atoms. The van der Waals surface area contributed by atoms with Gasteiger partial charge in [-0.2, -0.15) is 0 Å². The van der Waals surface area contributed by atoms with Gasteiger partial charge < -0.3 is 0 Å². The van der Waals surface area contributed by atoms with E-state index in [0.29, 0.717) is 9.79 Å². The molecule has 3 aromatic rings. The van der Waals surface area contributed by atoms with Gasteiger partial charge in [0.1, 0.15) is 22.6 Å². The number of nitrogens with zero attached hydrogens (tertiary/aromatic N) is 2. The van der Waals surface area contributed by atoms with Crippen LogP contribution in [0.1, 0.15) is 25.3 Å². The number of aromatic nitrogens is 1. The Hall–Kier alpha value is -2.75. The van der Waals surface area contributed by atoms with Crippen molar-refractivity contribution in [3.8, 4) is 0 Å². The molecule has 1 unspecified atom stereocenters. The lowest BCUT2D eigenvalue weighted by molar-refractivity contribution is -0.505. The lowest BCUT2D eigenvalue weighted by Gasteiger charge is -2.10. The van der Waals surface area contributed by atoms with Crippen LogP contribution in [-0.4, -0.2) is 37.8 Å². The molecule has 0 radical (unpaired) electrons. The van der Waals surface area contributed by atoms with E-state index < -0.39 is 9.52 Å². The molecule has 2 heterocycles. The maximum atomic E-state index is 13.4. The lowest BCUT2D eigenvalue weighted by Crippen LogP contribution is -2.17. The Morgan fingerprint density at radius 2 is 1.78 bits per heavy atom. The fourth-order valence-electron chi connectivity index (χ4n) is 3.66. The predicted octanol–water partition coefficient (Wildman–Crippen LogP) is 3.62. The second kappa shape index (κ2) is 7.10. The van der Waals surface area contributed by atoms with Gasteiger partial charge in [-0.1, -0.05) is 30.3 Å². The first-order chi connectivity index (χ1) is 13.1. The molecule has 1 fully saturated rings. The summed E-state index contributed by atoms with van der Waals surface area (Å²) in [4.78, 5) is 17.1. The Balaban J connectivity index is 1.89. The van der Waals surface area contributed by atoms with Crippen molar-refractivity contribution in [2.75, 3.05) is 13.1 Å². The maximum absolute atomic E-state index is 13.4. The van der Waals surface area contributed by atoms with Crippen LogP contribution in [0.5, 0.6) is 0 Å². The van der Waals surface area contributed by atoms with Gasteiger partial charge in [-0.05, 0) is 24.3 Å². The molecule has 0 N–H and O–H groups in total. The minimum Gasteiger partial charge on any atom is -0.254 e. The molecule has 27 heavy (non-hydrogen) atoms. The van der Waals surface area contributed by atoms with E-state index in [4.69, 9.17) is 0 Å². The zero-order chi connectivity index (χ0) is 18.9. The zero-order valence-electron chi connectivity index (χ0n) is 15.2. The second-order valence-electron chi connectivity index (χ2n) is 6.78. The first kappa shape index (κ1) is 17.7. The van der Waals surface area contributed by atoms with E-state index in [1.807, 2.05) is 24.3 Å². The summed E-state index contributed by atoms with van der Waals surface area (Å²) in [5.74, 6) is 0. The van der Waals surface area contributed by atoms with Crippen LogP contribution in [0.15, 0.2) is 70.6 Å². The first-order valence-corrected chi connectivity index (χ1v) is 10.6. The van der Waals surface area contributed by atoms with Gasteiger partial charge in [-0.25, -0.2) is 13.6 Å². The van der Waals surface area contributed by atoms with Crippen LogP contribution in [0, 0.1) is 0 Å². The van der Waals surface area contributed by atoms with Crippen molar-refractivity contribution in [2.45, 2.75) is 29.6 Å². The third kappa shape index (κ3) is 3.09. The maximum Gasteiger partial charge on any atom is 0.195 e. The summed E-state index contributed by atoms with van der Waals surface area (Å²) >= 11 is 0. The highest BCUT2D eigenvalue weighted by atomic mass is 32.2. The summed E-state index contributed by atoms with van der Waals surface area (Å²) in [6.07, 6.45) is 3.99. The third-order valence-corrected chi connectivity index (χ3v) is 7.24. The average molecular weight is 377 g/mol. The van der Waals surface area contributed by atoms with Gasteiger partial charge in [0.15, 0.2) is 10.9 Å². The van der Waals surface area contributed by atoms with E-state index in [1.165, 1.54) is 18.6 Å². The van der Waals surface area contributed by atoms with Gasteiger partial charge in [0.2, 0.25) is 0 Å². The monoisotopic (exact) mass is 377 g/mol. The van der Waals surface area contributed by atoms with E-state index in [2.05, 4.69) is 22.5 Å². The SMILES string of the molecule is CC(c1cccc2cc(S(=O)(=C=O)c3ccccc3)cnc12)=[N+]1CCCC1. The van der Waals surface area contributed by atoms with Gasteiger partial charge in [-0.15, -0.1) is 0 Å². The topological polar surface area (TPSA) is 50.0 Å². The molecule has 5 heteroatoms. The normalized spacial score (nSPS) is 16.1. The molecular formula is C22H21N2O2S+. The number of hydrogen-bond donors (Lipinski definition) is 0. The molecule has 1 aliphatic rings. The van der Waals surface area contributed by atoms with Crippen molar-refractivity contribution < 1.29 is 13.6 Å². The van der Waals surface area contributed by atoms with Crippen LogP contribution in [0.4, 0.5) is 0 Å². The van der Waals surface area contributed by atoms with Crippen LogP contribution in [0.25, 0.3) is 10.9 Å². The number of rotatable bonds is 3. The predicted molar refractivity (Wildman–Crippen MR) is 108 cm³/mol. The van der Waals surface area contributed by atoms with Crippen LogP contribution >= 0.6 is 0 Å². The van der Waals surface area contributed by atoms with Crippen molar-refractivity contribution in [2.24, 2.45) is 0 Å². The van der Waals surface area contributed by atoms with Crippen LogP contribution in [0.3, 0.4) is 0 Å². The lowest BCUT2D eigenvalue weighted by atomic mass is 10.1. The highest BCUT2D eigenvalue weighted by Gasteiger charge is 2.21. The Morgan fingerprint density at radius 3 is 2.48 bits per heavy atom. The number of para-hydroxylation sites is 1. The summed E-state index contributed by atoms with van der Waals surface area (Å²) < 4.78 is 15.7. The minimum atomic E-state index is -3.11. The minimum absolute atomic E-state index is 0.396.